The molecule has 96 valence electrons. The first-order valence-electron chi connectivity index (χ1n) is 4.77. The molecule has 0 unspecified atom stereocenters. The molecule has 0 spiro atoms. The van der Waals surface area contributed by atoms with Gasteiger partial charge in [0.05, 0.1) is 12.2 Å². The summed E-state index contributed by atoms with van der Waals surface area (Å²) in [4.78, 5) is 0. The SMILES string of the molecule is OCc1nnc(Oc2cccc(C(F)(F)F)c2)s1. The smallest absolute Gasteiger partial charge is 0.416 e. The fourth-order valence-electron chi connectivity index (χ4n) is 1.18. The lowest BCUT2D eigenvalue weighted by Gasteiger charge is -2.07. The van der Waals surface area contributed by atoms with E-state index < -0.39 is 11.7 Å². The lowest BCUT2D eigenvalue weighted by atomic mass is 10.2. The van der Waals surface area contributed by atoms with Crippen molar-refractivity contribution in [2.45, 2.75) is 12.8 Å². The standard InChI is InChI=1S/C10H7F3N2O2S/c11-10(12,13)6-2-1-3-7(4-6)17-9-15-14-8(5-16)18-9/h1-4,16H,5H2. The van der Waals surface area contributed by atoms with E-state index in [1.807, 2.05) is 0 Å². The number of ether oxygens (including phenoxy) is 1. The van der Waals surface area contributed by atoms with Crippen LogP contribution in [0.5, 0.6) is 10.9 Å². The van der Waals surface area contributed by atoms with Gasteiger partial charge in [0.25, 0.3) is 5.19 Å². The van der Waals surface area contributed by atoms with Gasteiger partial charge in [0.15, 0.2) is 0 Å². The van der Waals surface area contributed by atoms with Gasteiger partial charge in [-0.3, -0.25) is 0 Å². The molecule has 2 aromatic rings. The number of aliphatic hydroxyl groups is 1. The van der Waals surface area contributed by atoms with Gasteiger partial charge >= 0.3 is 6.18 Å². The molecule has 0 atom stereocenters. The molecule has 0 saturated carbocycles. The molecule has 0 bridgehead atoms. The highest BCUT2D eigenvalue weighted by atomic mass is 32.1. The molecule has 0 saturated heterocycles. The summed E-state index contributed by atoms with van der Waals surface area (Å²) in [7, 11) is 0. The highest BCUT2D eigenvalue weighted by molar-refractivity contribution is 7.13. The van der Waals surface area contributed by atoms with Crippen LogP contribution in [0, 0.1) is 0 Å². The summed E-state index contributed by atoms with van der Waals surface area (Å²) in [5.41, 5.74) is -0.799. The maximum Gasteiger partial charge on any atom is 0.416 e. The predicted octanol–water partition coefficient (Wildman–Crippen LogP) is 2.84. The number of hydrogen-bond donors (Lipinski definition) is 1. The van der Waals surface area contributed by atoms with Crippen molar-refractivity contribution in [2.24, 2.45) is 0 Å². The number of alkyl halides is 3. The van der Waals surface area contributed by atoms with Gasteiger partial charge in [-0.15, -0.1) is 5.10 Å². The van der Waals surface area contributed by atoms with Crippen molar-refractivity contribution in [3.8, 4) is 10.9 Å². The summed E-state index contributed by atoms with van der Waals surface area (Å²) in [5.74, 6) is 0.0189. The Labute approximate surface area is 104 Å². The number of aromatic nitrogens is 2. The highest BCUT2D eigenvalue weighted by Gasteiger charge is 2.30. The van der Waals surface area contributed by atoms with Gasteiger partial charge in [0.2, 0.25) is 0 Å². The molecule has 1 aromatic carbocycles. The van der Waals surface area contributed by atoms with Crippen LogP contribution in [0.4, 0.5) is 13.2 Å². The average molecular weight is 276 g/mol. The molecule has 8 heteroatoms. The van der Waals surface area contributed by atoms with Gasteiger partial charge in [-0.1, -0.05) is 22.5 Å². The summed E-state index contributed by atoms with van der Waals surface area (Å²) in [5, 5.41) is 16.3. The van der Waals surface area contributed by atoms with Crippen LogP contribution in [0.3, 0.4) is 0 Å². The Hall–Kier alpha value is -1.67. The molecular weight excluding hydrogens is 269 g/mol. The van der Waals surface area contributed by atoms with Crippen molar-refractivity contribution in [2.75, 3.05) is 0 Å². The molecule has 4 nitrogen and oxygen atoms in total. The fourth-order valence-corrected chi connectivity index (χ4v) is 1.75. The van der Waals surface area contributed by atoms with Gasteiger partial charge in [0.1, 0.15) is 10.8 Å². The molecule has 0 aliphatic carbocycles. The van der Waals surface area contributed by atoms with E-state index in [1.54, 1.807) is 0 Å². The second-order valence-electron chi connectivity index (χ2n) is 3.25. The number of hydrogen-bond acceptors (Lipinski definition) is 5. The van der Waals surface area contributed by atoms with Crippen LogP contribution < -0.4 is 4.74 Å². The molecule has 0 radical (unpaired) electrons. The number of nitrogens with zero attached hydrogens (tertiary/aromatic N) is 2. The van der Waals surface area contributed by atoms with Crippen molar-refractivity contribution >= 4 is 11.3 Å². The largest absolute Gasteiger partial charge is 0.430 e. The molecule has 0 amide bonds. The van der Waals surface area contributed by atoms with Crippen molar-refractivity contribution < 1.29 is 23.0 Å². The van der Waals surface area contributed by atoms with Crippen molar-refractivity contribution in [3.63, 3.8) is 0 Å². The van der Waals surface area contributed by atoms with Crippen LogP contribution >= 0.6 is 11.3 Å². The van der Waals surface area contributed by atoms with E-state index in [-0.39, 0.29) is 17.6 Å². The van der Waals surface area contributed by atoms with Crippen LogP contribution in [0.2, 0.25) is 0 Å². The van der Waals surface area contributed by atoms with Crippen LogP contribution in [0.15, 0.2) is 24.3 Å². The molecule has 18 heavy (non-hydrogen) atoms. The minimum Gasteiger partial charge on any atom is -0.430 e. The second kappa shape index (κ2) is 4.91. The zero-order chi connectivity index (χ0) is 13.2. The van der Waals surface area contributed by atoms with Crippen molar-refractivity contribution in [1.29, 1.82) is 0 Å². The van der Waals surface area contributed by atoms with Crippen LogP contribution in [0.1, 0.15) is 10.6 Å². The first-order chi connectivity index (χ1) is 8.49. The molecule has 0 aliphatic rings. The first-order valence-corrected chi connectivity index (χ1v) is 5.59. The van der Waals surface area contributed by atoms with E-state index in [1.165, 1.54) is 12.1 Å². The highest BCUT2D eigenvalue weighted by Crippen LogP contribution is 2.33. The van der Waals surface area contributed by atoms with Gasteiger partial charge in [0, 0.05) is 0 Å². The molecule has 1 N–H and O–H groups in total. The number of rotatable bonds is 3. The Morgan fingerprint density at radius 2 is 2.06 bits per heavy atom. The minimum absolute atomic E-state index is 0.0189. The molecule has 0 aliphatic heterocycles. The summed E-state index contributed by atoms with van der Waals surface area (Å²) in [6.07, 6.45) is -4.42. The predicted molar refractivity (Wildman–Crippen MR) is 57.3 cm³/mol. The third-order valence-electron chi connectivity index (χ3n) is 1.95. The van der Waals surface area contributed by atoms with E-state index in [0.29, 0.717) is 5.01 Å². The van der Waals surface area contributed by atoms with Crippen LogP contribution in [-0.4, -0.2) is 15.3 Å². The van der Waals surface area contributed by atoms with Crippen molar-refractivity contribution in [1.82, 2.24) is 10.2 Å². The van der Waals surface area contributed by atoms with Gasteiger partial charge in [-0.25, -0.2) is 0 Å². The van der Waals surface area contributed by atoms with E-state index in [0.717, 1.165) is 23.5 Å². The van der Waals surface area contributed by atoms with Crippen LogP contribution in [-0.2, 0) is 12.8 Å². The minimum atomic E-state index is -4.42. The van der Waals surface area contributed by atoms with E-state index >= 15 is 0 Å². The molecule has 2 rings (SSSR count). The monoisotopic (exact) mass is 276 g/mol. The quantitative estimate of drug-likeness (QED) is 0.936. The Balaban J connectivity index is 2.19. The molecule has 1 aromatic heterocycles. The Morgan fingerprint density at radius 3 is 2.67 bits per heavy atom. The molecular formula is C10H7F3N2O2S. The number of benzene rings is 1. The van der Waals surface area contributed by atoms with Gasteiger partial charge < -0.3 is 9.84 Å². The zero-order valence-corrected chi connectivity index (χ0v) is 9.63. The third kappa shape index (κ3) is 2.96. The van der Waals surface area contributed by atoms with Gasteiger partial charge in [-0.05, 0) is 18.2 Å². The lowest BCUT2D eigenvalue weighted by Crippen LogP contribution is -2.04. The summed E-state index contributed by atoms with van der Waals surface area (Å²) >= 11 is 0.965. The lowest BCUT2D eigenvalue weighted by molar-refractivity contribution is -0.137. The summed E-state index contributed by atoms with van der Waals surface area (Å²) in [6, 6.07) is 4.45. The maximum absolute atomic E-state index is 12.5. The fraction of sp³-hybridized carbons (Fsp3) is 0.200. The number of aliphatic hydroxyl groups excluding tert-OH is 1. The summed E-state index contributed by atoms with van der Waals surface area (Å²) < 4.78 is 42.5. The Bertz CT molecular complexity index is 542. The average Bonchev–Trinajstić information content (AvgIpc) is 2.76. The normalized spacial score (nSPS) is 11.6. The maximum atomic E-state index is 12.5. The van der Waals surface area contributed by atoms with Crippen LogP contribution in [0.25, 0.3) is 0 Å². The molecule has 0 fully saturated rings. The van der Waals surface area contributed by atoms with E-state index in [2.05, 4.69) is 10.2 Å². The Morgan fingerprint density at radius 1 is 1.28 bits per heavy atom. The Kier molecular flexibility index (Phi) is 3.48. The van der Waals surface area contributed by atoms with Gasteiger partial charge in [-0.2, -0.15) is 13.2 Å². The zero-order valence-electron chi connectivity index (χ0n) is 8.81. The first kappa shape index (κ1) is 12.8. The summed E-state index contributed by atoms with van der Waals surface area (Å²) in [6.45, 7) is -0.288. The number of halogens is 3. The third-order valence-corrected chi connectivity index (χ3v) is 2.74. The second-order valence-corrected chi connectivity index (χ2v) is 4.27. The molecule has 1 heterocycles. The van der Waals surface area contributed by atoms with E-state index in [9.17, 15) is 13.2 Å². The van der Waals surface area contributed by atoms with Crippen molar-refractivity contribution in [3.05, 3.63) is 34.8 Å². The topological polar surface area (TPSA) is 55.2 Å². The van der Waals surface area contributed by atoms with E-state index in [4.69, 9.17) is 9.84 Å².